The van der Waals surface area contributed by atoms with Crippen LogP contribution in [0.2, 0.25) is 0 Å². The van der Waals surface area contributed by atoms with E-state index in [1.807, 2.05) is 12.2 Å². The fourth-order valence-electron chi connectivity index (χ4n) is 6.94. The Labute approximate surface area is 419 Å². The van der Waals surface area contributed by atoms with Gasteiger partial charge >= 0.3 is 33.3 Å². The van der Waals surface area contributed by atoms with Crippen molar-refractivity contribution in [2.24, 2.45) is 0 Å². The third-order valence-corrected chi connectivity index (χ3v) is 13.5. The van der Waals surface area contributed by atoms with Crippen molar-refractivity contribution in [2.75, 3.05) is 25.6 Å². The molecule has 1 aromatic heterocycles. The number of anilines is 1. The minimum atomic E-state index is -5.48. The summed E-state index contributed by atoms with van der Waals surface area (Å²) in [5.74, 6) is -1.53. The van der Waals surface area contributed by atoms with Gasteiger partial charge in [0.1, 0.15) is 30.7 Å². The molecule has 2 rings (SSSR count). The first-order chi connectivity index (χ1) is 34.1. The number of aliphatic hydroxyl groups excluding tert-OH is 3. The number of carbonyl (C=O) groups is 2. The Hall–Kier alpha value is -3.84. The normalized spacial score (nSPS) is 20.2. The molecule has 1 aliphatic rings. The predicted molar refractivity (Wildman–Crippen MR) is 271 cm³/mol. The van der Waals surface area contributed by atoms with Gasteiger partial charge < -0.3 is 45.1 Å². The largest absolute Gasteiger partial charge is 0.481 e. The van der Waals surface area contributed by atoms with Crippen LogP contribution in [0.3, 0.4) is 0 Å². The molecule has 21 heteroatoms. The molecular formula is C50H81N3O16P2. The van der Waals surface area contributed by atoms with E-state index in [-0.39, 0.29) is 31.5 Å². The molecule has 1 saturated heterocycles. The number of nitrogen functional groups attached to an aromatic ring is 1. The van der Waals surface area contributed by atoms with Gasteiger partial charge in [-0.15, -0.1) is 0 Å². The van der Waals surface area contributed by atoms with Crippen LogP contribution in [0.25, 0.3) is 0 Å². The third kappa shape index (κ3) is 30.7. The number of rotatable bonds is 40. The maximum absolute atomic E-state index is 12.9. The quantitative estimate of drug-likeness (QED) is 0.0117. The Kier molecular flexibility index (Phi) is 33.7. The van der Waals surface area contributed by atoms with Crippen LogP contribution < -0.4 is 11.4 Å². The van der Waals surface area contributed by atoms with Crippen molar-refractivity contribution >= 4 is 33.4 Å². The number of aromatic nitrogens is 2. The van der Waals surface area contributed by atoms with E-state index in [4.69, 9.17) is 29.0 Å². The van der Waals surface area contributed by atoms with E-state index in [0.29, 0.717) is 6.42 Å². The van der Waals surface area contributed by atoms with Crippen molar-refractivity contribution in [1.29, 1.82) is 0 Å². The number of ether oxygens (including phenoxy) is 3. The molecule has 1 aromatic rings. The van der Waals surface area contributed by atoms with Gasteiger partial charge in [-0.2, -0.15) is 9.29 Å². The van der Waals surface area contributed by atoms with Gasteiger partial charge in [0, 0.05) is 19.0 Å². The molecule has 0 saturated carbocycles. The standard InChI is InChI=1S/C50H81N3O16P2/c1-3-5-7-9-11-13-15-17-18-20-22-24-26-28-30-34-45(55)64-38-42(67-46(56)35-31-33-41(54)32-29-27-25-23-21-19-16-14-12-10-8-6-4-2)39-65-70(60,61)69-71(62,63)66-40-43-47(57)48(58)49(68-43)53-37-36-44(51)52-50(53)59/h12-15,17-19,21,25,27,29,32,36-37,41-43,47-49,54,57-58H,3-11,16,20,22-24,26,28,30-31,33-35,38-40H2,1-2H3,(H,60,61)(H,62,63)(H2,51,52,59)/b14-12-,15-13-,18-17-,21-19-,27-25-,32-29+/t41-,42+,43+,47+,48+,49+/m0/s1. The molecule has 1 fully saturated rings. The lowest BCUT2D eigenvalue weighted by atomic mass is 10.1. The van der Waals surface area contributed by atoms with Crippen molar-refractivity contribution in [3.63, 3.8) is 0 Å². The topological polar surface area (TPSA) is 286 Å². The first kappa shape index (κ1) is 63.3. The number of aliphatic hydroxyl groups is 3. The highest BCUT2D eigenvalue weighted by Crippen LogP contribution is 2.60. The molecule has 0 amide bonds. The fraction of sp³-hybridized carbons (Fsp3) is 0.640. The summed E-state index contributed by atoms with van der Waals surface area (Å²) in [7, 11) is -10.9. The first-order valence-electron chi connectivity index (χ1n) is 25.1. The number of hydrogen-bond acceptors (Lipinski definition) is 16. The molecule has 0 aromatic carbocycles. The molecule has 0 aliphatic carbocycles. The summed E-state index contributed by atoms with van der Waals surface area (Å²) < 4.78 is 56.5. The second-order valence-electron chi connectivity index (χ2n) is 17.2. The maximum Gasteiger partial charge on any atom is 0.481 e. The summed E-state index contributed by atoms with van der Waals surface area (Å²) in [4.78, 5) is 61.9. The zero-order chi connectivity index (χ0) is 52.2. The zero-order valence-corrected chi connectivity index (χ0v) is 43.4. The van der Waals surface area contributed by atoms with Gasteiger partial charge in [0.25, 0.3) is 0 Å². The molecule has 2 heterocycles. The summed E-state index contributed by atoms with van der Waals surface area (Å²) >= 11 is 0. The molecule has 402 valence electrons. The van der Waals surface area contributed by atoms with Gasteiger partial charge in [0.05, 0.1) is 19.3 Å². The van der Waals surface area contributed by atoms with Crippen molar-refractivity contribution in [2.45, 2.75) is 185 Å². The Balaban J connectivity index is 1.88. The maximum atomic E-state index is 12.9. The second-order valence-corrected chi connectivity index (χ2v) is 20.2. The Morgan fingerprint density at radius 1 is 0.746 bits per heavy atom. The molecule has 2 unspecified atom stereocenters. The van der Waals surface area contributed by atoms with E-state index in [0.717, 1.165) is 68.6 Å². The van der Waals surface area contributed by atoms with E-state index in [2.05, 4.69) is 71.8 Å². The lowest BCUT2D eigenvalue weighted by Crippen LogP contribution is -2.36. The van der Waals surface area contributed by atoms with Crippen molar-refractivity contribution in [1.82, 2.24) is 9.55 Å². The van der Waals surface area contributed by atoms with E-state index < -0.39 is 89.8 Å². The Bertz CT molecular complexity index is 1990. The number of allylic oxidation sites excluding steroid dienone is 11. The minimum Gasteiger partial charge on any atom is -0.462 e. The summed E-state index contributed by atoms with van der Waals surface area (Å²) in [5.41, 5.74) is 4.57. The predicted octanol–water partition coefficient (Wildman–Crippen LogP) is 9.08. The summed E-state index contributed by atoms with van der Waals surface area (Å²) in [5, 5.41) is 31.3. The minimum absolute atomic E-state index is 0.0655. The highest BCUT2D eigenvalue weighted by molar-refractivity contribution is 7.61. The van der Waals surface area contributed by atoms with Crippen LogP contribution in [0.4, 0.5) is 5.82 Å². The number of nitrogens with zero attached hydrogens (tertiary/aromatic N) is 2. The summed E-state index contributed by atoms with van der Waals surface area (Å²) in [6.45, 7) is 1.89. The van der Waals surface area contributed by atoms with E-state index in [1.165, 1.54) is 51.0 Å². The number of unbranched alkanes of at least 4 members (excludes halogenated alkanes) is 12. The number of phosphoric ester groups is 2. The van der Waals surface area contributed by atoms with Crippen LogP contribution in [-0.4, -0.2) is 96.9 Å². The van der Waals surface area contributed by atoms with Crippen LogP contribution in [0, 0.1) is 0 Å². The molecule has 0 spiro atoms. The number of hydrogen-bond donors (Lipinski definition) is 6. The lowest BCUT2D eigenvalue weighted by Gasteiger charge is -2.21. The third-order valence-electron chi connectivity index (χ3n) is 10.9. The van der Waals surface area contributed by atoms with Crippen LogP contribution in [-0.2, 0) is 46.3 Å². The molecular weight excluding hydrogens is 961 g/mol. The van der Waals surface area contributed by atoms with Gasteiger partial charge in [0.15, 0.2) is 12.3 Å². The highest BCUT2D eigenvalue weighted by atomic mass is 31.3. The van der Waals surface area contributed by atoms with Crippen LogP contribution in [0.1, 0.15) is 155 Å². The van der Waals surface area contributed by atoms with E-state index in [9.17, 15) is 48.6 Å². The van der Waals surface area contributed by atoms with E-state index in [1.54, 1.807) is 12.2 Å². The second kappa shape index (κ2) is 37.8. The monoisotopic (exact) mass is 1040 g/mol. The molecule has 0 bridgehead atoms. The Morgan fingerprint density at radius 3 is 2.03 bits per heavy atom. The van der Waals surface area contributed by atoms with Crippen molar-refractivity contribution < 1.29 is 71.4 Å². The van der Waals surface area contributed by atoms with Gasteiger partial charge in [-0.3, -0.25) is 23.2 Å². The van der Waals surface area contributed by atoms with Gasteiger partial charge in [-0.1, -0.05) is 138 Å². The van der Waals surface area contributed by atoms with Gasteiger partial charge in [-0.25, -0.2) is 13.9 Å². The molecule has 1 aliphatic heterocycles. The molecule has 7 N–H and O–H groups in total. The number of esters is 2. The Morgan fingerprint density at radius 2 is 1.32 bits per heavy atom. The van der Waals surface area contributed by atoms with Gasteiger partial charge in [0.2, 0.25) is 0 Å². The molecule has 8 atom stereocenters. The number of nitrogens with two attached hydrogens (primary N) is 1. The summed E-state index contributed by atoms with van der Waals surface area (Å²) in [6, 6.07) is 1.23. The average molecular weight is 1040 g/mol. The SMILES string of the molecule is CCCCC/C=C\C/C=C\C/C=C\C=C\[C@H](O)CCCC(=O)O[C@H](COC(=O)CCCCCCC/C=C\C=C/CCCCCC)COP(=O)(O)OP(=O)(O)OC[C@H]1O[C@@H](n2ccc(N)nc2=O)[C@H](O)[C@@H]1O. The van der Waals surface area contributed by atoms with Crippen molar-refractivity contribution in [3.05, 3.63) is 95.7 Å². The van der Waals surface area contributed by atoms with Crippen LogP contribution in [0.5, 0.6) is 0 Å². The van der Waals surface area contributed by atoms with Gasteiger partial charge in [-0.05, 0) is 76.7 Å². The van der Waals surface area contributed by atoms with E-state index >= 15 is 0 Å². The fourth-order valence-corrected chi connectivity index (χ4v) is 9.05. The molecule has 19 nitrogen and oxygen atoms in total. The van der Waals surface area contributed by atoms with Crippen molar-refractivity contribution in [3.8, 4) is 0 Å². The smallest absolute Gasteiger partial charge is 0.462 e. The zero-order valence-electron chi connectivity index (χ0n) is 41.6. The van der Waals surface area contributed by atoms with Crippen LogP contribution >= 0.6 is 15.6 Å². The number of phosphoric acid groups is 2. The molecule has 0 radical (unpaired) electrons. The molecule has 71 heavy (non-hydrogen) atoms. The summed E-state index contributed by atoms with van der Waals surface area (Å²) in [6.07, 6.45) is 34.4. The highest BCUT2D eigenvalue weighted by Gasteiger charge is 2.46. The first-order valence-corrected chi connectivity index (χ1v) is 28.1. The average Bonchev–Trinajstić information content (AvgIpc) is 3.60. The number of carbonyl (C=O) groups excluding carboxylic acids is 2. The van der Waals surface area contributed by atoms with Crippen LogP contribution in [0.15, 0.2) is 90.0 Å². The lowest BCUT2D eigenvalue weighted by molar-refractivity contribution is -0.161.